The lowest BCUT2D eigenvalue weighted by Gasteiger charge is -2.23. The van der Waals surface area contributed by atoms with Crippen LogP contribution in [-0.4, -0.2) is 48.1 Å². The standard InChI is InChI=1S/C12H24N4O2.ClH/c1-12(2,3)15-11(18)14-10(17)8-16-6-4-5-9(16)7-13;/h9H,4-8,13H2,1-3H3,(H2,14,15,17,18);1H. The van der Waals surface area contributed by atoms with E-state index in [1.807, 2.05) is 25.7 Å². The van der Waals surface area contributed by atoms with E-state index in [9.17, 15) is 9.59 Å². The molecule has 19 heavy (non-hydrogen) atoms. The number of nitrogens with one attached hydrogen (secondary N) is 2. The molecular formula is C12H25ClN4O2. The van der Waals surface area contributed by atoms with Crippen LogP contribution in [-0.2, 0) is 4.79 Å². The van der Waals surface area contributed by atoms with Gasteiger partial charge in [-0.15, -0.1) is 12.4 Å². The molecule has 1 atom stereocenters. The van der Waals surface area contributed by atoms with Crippen molar-refractivity contribution >= 4 is 24.3 Å². The number of likely N-dealkylation sites (tertiary alicyclic amines) is 1. The van der Waals surface area contributed by atoms with Gasteiger partial charge in [0, 0.05) is 18.1 Å². The smallest absolute Gasteiger partial charge is 0.321 e. The predicted molar refractivity (Wildman–Crippen MR) is 77.3 cm³/mol. The van der Waals surface area contributed by atoms with Crippen LogP contribution in [0.5, 0.6) is 0 Å². The summed E-state index contributed by atoms with van der Waals surface area (Å²) in [6, 6.07) is -0.183. The average Bonchev–Trinajstić information content (AvgIpc) is 2.61. The summed E-state index contributed by atoms with van der Waals surface area (Å²) in [4.78, 5) is 25.2. The first-order chi connectivity index (χ1) is 8.31. The van der Waals surface area contributed by atoms with Gasteiger partial charge in [0.2, 0.25) is 5.91 Å². The van der Waals surface area contributed by atoms with E-state index in [-0.39, 0.29) is 36.4 Å². The number of carbonyl (C=O) groups is 2. The molecule has 0 saturated carbocycles. The zero-order valence-corrected chi connectivity index (χ0v) is 12.7. The molecule has 1 rings (SSSR count). The number of urea groups is 1. The van der Waals surface area contributed by atoms with Crippen LogP contribution in [0.25, 0.3) is 0 Å². The zero-order chi connectivity index (χ0) is 13.8. The van der Waals surface area contributed by atoms with E-state index in [2.05, 4.69) is 10.6 Å². The molecule has 7 heteroatoms. The highest BCUT2D eigenvalue weighted by Crippen LogP contribution is 2.15. The van der Waals surface area contributed by atoms with Gasteiger partial charge in [0.25, 0.3) is 0 Å². The number of hydrogen-bond donors (Lipinski definition) is 3. The Balaban J connectivity index is 0.00000324. The topological polar surface area (TPSA) is 87.5 Å². The third-order valence-electron chi connectivity index (χ3n) is 2.86. The van der Waals surface area contributed by atoms with Crippen LogP contribution in [0.4, 0.5) is 4.79 Å². The lowest BCUT2D eigenvalue weighted by Crippen LogP contribution is -2.51. The van der Waals surface area contributed by atoms with E-state index >= 15 is 0 Å². The molecule has 3 amide bonds. The number of imide groups is 1. The van der Waals surface area contributed by atoms with Crippen molar-refractivity contribution in [3.05, 3.63) is 0 Å². The Morgan fingerprint density at radius 2 is 2.00 bits per heavy atom. The molecule has 1 fully saturated rings. The summed E-state index contributed by atoms with van der Waals surface area (Å²) >= 11 is 0. The SMILES string of the molecule is CC(C)(C)NC(=O)NC(=O)CN1CCCC1CN.Cl. The van der Waals surface area contributed by atoms with Gasteiger partial charge in [-0.25, -0.2) is 4.79 Å². The summed E-state index contributed by atoms with van der Waals surface area (Å²) in [5.41, 5.74) is 5.28. The second-order valence-corrected chi connectivity index (χ2v) is 5.75. The van der Waals surface area contributed by atoms with Crippen molar-refractivity contribution in [2.24, 2.45) is 5.73 Å². The molecule has 1 unspecified atom stereocenters. The van der Waals surface area contributed by atoms with Gasteiger partial charge in [0.1, 0.15) is 0 Å². The van der Waals surface area contributed by atoms with E-state index in [0.717, 1.165) is 19.4 Å². The third kappa shape index (κ3) is 6.75. The molecule has 112 valence electrons. The van der Waals surface area contributed by atoms with Gasteiger partial charge in [0.05, 0.1) is 6.54 Å². The van der Waals surface area contributed by atoms with E-state index in [0.29, 0.717) is 6.54 Å². The summed E-state index contributed by atoms with van der Waals surface area (Å²) in [5, 5.41) is 5.02. The Kier molecular flexibility index (Phi) is 7.33. The highest BCUT2D eigenvalue weighted by molar-refractivity contribution is 5.95. The highest BCUT2D eigenvalue weighted by Gasteiger charge is 2.25. The lowest BCUT2D eigenvalue weighted by atomic mass is 10.1. The molecule has 0 aromatic rings. The maximum absolute atomic E-state index is 11.7. The van der Waals surface area contributed by atoms with Crippen molar-refractivity contribution in [3.63, 3.8) is 0 Å². The molecule has 1 saturated heterocycles. The molecule has 0 spiro atoms. The van der Waals surface area contributed by atoms with E-state index in [1.165, 1.54) is 0 Å². The Labute approximate surface area is 120 Å². The van der Waals surface area contributed by atoms with Crippen molar-refractivity contribution in [1.29, 1.82) is 0 Å². The zero-order valence-electron chi connectivity index (χ0n) is 11.9. The molecule has 0 aromatic carbocycles. The van der Waals surface area contributed by atoms with Crippen LogP contribution in [0.2, 0.25) is 0 Å². The third-order valence-corrected chi connectivity index (χ3v) is 2.86. The molecule has 6 nitrogen and oxygen atoms in total. The molecule has 0 aliphatic carbocycles. The van der Waals surface area contributed by atoms with Crippen LogP contribution in [0.1, 0.15) is 33.6 Å². The van der Waals surface area contributed by atoms with Crippen molar-refractivity contribution in [1.82, 2.24) is 15.5 Å². The van der Waals surface area contributed by atoms with Crippen LogP contribution in [0.3, 0.4) is 0 Å². The first kappa shape index (κ1) is 18.1. The normalized spacial score (nSPS) is 19.7. The fourth-order valence-electron chi connectivity index (χ4n) is 2.09. The molecule has 0 radical (unpaired) electrons. The number of carbonyl (C=O) groups excluding carboxylic acids is 2. The number of hydrogen-bond acceptors (Lipinski definition) is 4. The molecule has 0 bridgehead atoms. The minimum absolute atomic E-state index is 0. The summed E-state index contributed by atoms with van der Waals surface area (Å²) in [6.45, 7) is 7.25. The van der Waals surface area contributed by atoms with Crippen LogP contribution in [0.15, 0.2) is 0 Å². The van der Waals surface area contributed by atoms with Gasteiger partial charge in [-0.1, -0.05) is 0 Å². The summed E-state index contributed by atoms with van der Waals surface area (Å²) in [6.07, 6.45) is 2.08. The monoisotopic (exact) mass is 292 g/mol. The van der Waals surface area contributed by atoms with Crippen LogP contribution in [0, 0.1) is 0 Å². The molecule has 4 N–H and O–H groups in total. The predicted octanol–water partition coefficient (Wildman–Crippen LogP) is 0.456. The summed E-state index contributed by atoms with van der Waals surface area (Å²) in [7, 11) is 0. The van der Waals surface area contributed by atoms with Crippen molar-refractivity contribution < 1.29 is 9.59 Å². The Bertz CT molecular complexity index is 317. The molecule has 1 aliphatic heterocycles. The van der Waals surface area contributed by atoms with Gasteiger partial charge in [-0.3, -0.25) is 15.0 Å². The Morgan fingerprint density at radius 3 is 2.53 bits per heavy atom. The van der Waals surface area contributed by atoms with E-state index < -0.39 is 6.03 Å². The number of rotatable bonds is 3. The van der Waals surface area contributed by atoms with E-state index in [4.69, 9.17) is 5.73 Å². The quantitative estimate of drug-likeness (QED) is 0.705. The van der Waals surface area contributed by atoms with Crippen molar-refractivity contribution in [2.45, 2.75) is 45.2 Å². The second kappa shape index (κ2) is 7.67. The molecule has 0 aromatic heterocycles. The van der Waals surface area contributed by atoms with Crippen LogP contribution < -0.4 is 16.4 Å². The lowest BCUT2D eigenvalue weighted by molar-refractivity contribution is -0.121. The second-order valence-electron chi connectivity index (χ2n) is 5.75. The maximum Gasteiger partial charge on any atom is 0.321 e. The van der Waals surface area contributed by atoms with Crippen LogP contribution >= 0.6 is 12.4 Å². The van der Waals surface area contributed by atoms with Crippen molar-refractivity contribution in [2.75, 3.05) is 19.6 Å². The maximum atomic E-state index is 11.7. The Hall–Kier alpha value is -0.850. The van der Waals surface area contributed by atoms with E-state index in [1.54, 1.807) is 0 Å². The fourth-order valence-corrected chi connectivity index (χ4v) is 2.09. The molecule has 1 heterocycles. The average molecular weight is 293 g/mol. The fraction of sp³-hybridized carbons (Fsp3) is 0.833. The summed E-state index contributed by atoms with van der Waals surface area (Å²) < 4.78 is 0. The molecular weight excluding hydrogens is 268 g/mol. The molecule has 1 aliphatic rings. The summed E-state index contributed by atoms with van der Waals surface area (Å²) in [5.74, 6) is -0.280. The van der Waals surface area contributed by atoms with Gasteiger partial charge in [-0.05, 0) is 40.2 Å². The number of nitrogens with zero attached hydrogens (tertiary/aromatic N) is 1. The highest BCUT2D eigenvalue weighted by atomic mass is 35.5. The van der Waals surface area contributed by atoms with Gasteiger partial charge in [0.15, 0.2) is 0 Å². The number of halogens is 1. The largest absolute Gasteiger partial charge is 0.333 e. The minimum atomic E-state index is -0.448. The minimum Gasteiger partial charge on any atom is -0.333 e. The van der Waals surface area contributed by atoms with Crippen molar-refractivity contribution in [3.8, 4) is 0 Å². The van der Waals surface area contributed by atoms with Gasteiger partial charge >= 0.3 is 6.03 Å². The Morgan fingerprint density at radius 1 is 1.37 bits per heavy atom. The van der Waals surface area contributed by atoms with Gasteiger partial charge in [-0.2, -0.15) is 0 Å². The number of nitrogens with two attached hydrogens (primary N) is 1. The number of amides is 3. The first-order valence-electron chi connectivity index (χ1n) is 6.38. The van der Waals surface area contributed by atoms with Gasteiger partial charge < -0.3 is 11.1 Å². The first-order valence-corrected chi connectivity index (χ1v) is 6.38.